The van der Waals surface area contributed by atoms with E-state index in [2.05, 4.69) is 5.32 Å². The Morgan fingerprint density at radius 1 is 1.11 bits per heavy atom. The molecule has 1 aromatic carbocycles. The van der Waals surface area contributed by atoms with Crippen LogP contribution in [-0.4, -0.2) is 28.0 Å². The maximum atomic E-state index is 13.8. The van der Waals surface area contributed by atoms with Gasteiger partial charge in [-0.1, -0.05) is 30.3 Å². The summed E-state index contributed by atoms with van der Waals surface area (Å²) in [6.07, 6.45) is 3.99. The van der Waals surface area contributed by atoms with Gasteiger partial charge in [0.1, 0.15) is 22.2 Å². The van der Waals surface area contributed by atoms with Crippen molar-refractivity contribution in [2.75, 3.05) is 11.9 Å². The lowest BCUT2D eigenvalue weighted by molar-refractivity contribution is -0.116. The summed E-state index contributed by atoms with van der Waals surface area (Å²) >= 11 is 2.92. The molecule has 1 N–H and O–H groups in total. The van der Waals surface area contributed by atoms with Gasteiger partial charge in [0.25, 0.3) is 5.56 Å². The van der Waals surface area contributed by atoms with Crippen LogP contribution < -0.4 is 10.9 Å². The number of hydrogen-bond acceptors (Lipinski definition) is 7. The Morgan fingerprint density at radius 3 is 2.61 bits per heavy atom. The zero-order valence-electron chi connectivity index (χ0n) is 20.5. The highest BCUT2D eigenvalue weighted by Crippen LogP contribution is 2.35. The summed E-state index contributed by atoms with van der Waals surface area (Å²) in [5.41, 5.74) is 2.80. The number of aromatic nitrogens is 2. The van der Waals surface area contributed by atoms with Gasteiger partial charge in [0, 0.05) is 15.3 Å². The molecule has 0 saturated carbocycles. The lowest BCUT2D eigenvalue weighted by Gasteiger charge is -2.14. The van der Waals surface area contributed by atoms with E-state index < -0.39 is 11.9 Å². The third kappa shape index (κ3) is 4.37. The van der Waals surface area contributed by atoms with Crippen molar-refractivity contribution in [2.24, 2.45) is 0 Å². The van der Waals surface area contributed by atoms with Crippen LogP contribution in [-0.2, 0) is 28.9 Å². The maximum absolute atomic E-state index is 13.8. The average Bonchev–Trinajstić information content (AvgIpc) is 3.37. The number of thiophene rings is 2. The molecule has 1 aliphatic rings. The Hall–Kier alpha value is -3.30. The zero-order valence-corrected chi connectivity index (χ0v) is 22.1. The molecule has 0 spiro atoms. The maximum Gasteiger partial charge on any atom is 0.341 e. The fraction of sp³-hybridized carbons (Fsp3) is 0.333. The molecule has 3 heterocycles. The summed E-state index contributed by atoms with van der Waals surface area (Å²) in [7, 11) is 0. The standard InChI is InChI=1S/C27H27N3O4S2/c1-4-34-27(33)21-15(2)16(3)35-24(21)28-20(31)14-30-23(17-10-6-5-7-11-17)29-25-22(26(30)32)18-12-8-9-13-19(18)36-25/h5-7,10-11H,4,8-9,12-14H2,1-3H3,(H,28,31). The van der Waals surface area contributed by atoms with Crippen molar-refractivity contribution in [1.29, 1.82) is 0 Å². The van der Waals surface area contributed by atoms with Crippen molar-refractivity contribution in [2.45, 2.75) is 53.0 Å². The Kier molecular flexibility index (Phi) is 6.77. The van der Waals surface area contributed by atoms with E-state index in [1.165, 1.54) is 20.8 Å². The summed E-state index contributed by atoms with van der Waals surface area (Å²) in [4.78, 5) is 47.5. The number of amides is 1. The molecule has 5 rings (SSSR count). The summed E-state index contributed by atoms with van der Waals surface area (Å²) < 4.78 is 6.67. The molecule has 0 saturated heterocycles. The van der Waals surface area contributed by atoms with Gasteiger partial charge in [-0.3, -0.25) is 14.2 Å². The van der Waals surface area contributed by atoms with E-state index in [-0.39, 0.29) is 18.7 Å². The zero-order chi connectivity index (χ0) is 25.4. The Morgan fingerprint density at radius 2 is 1.86 bits per heavy atom. The molecule has 0 bridgehead atoms. The van der Waals surface area contributed by atoms with E-state index in [0.29, 0.717) is 21.8 Å². The lowest BCUT2D eigenvalue weighted by Crippen LogP contribution is -2.30. The Bertz CT molecular complexity index is 1530. The molecule has 0 radical (unpaired) electrons. The van der Waals surface area contributed by atoms with Gasteiger partial charge in [-0.15, -0.1) is 22.7 Å². The fourth-order valence-corrected chi connectivity index (χ4v) is 6.98. The van der Waals surface area contributed by atoms with E-state index >= 15 is 0 Å². The molecule has 0 atom stereocenters. The molecule has 0 fully saturated rings. The lowest BCUT2D eigenvalue weighted by atomic mass is 9.97. The Balaban J connectivity index is 1.57. The van der Waals surface area contributed by atoms with Crippen molar-refractivity contribution in [3.63, 3.8) is 0 Å². The van der Waals surface area contributed by atoms with Crippen LogP contribution in [0.15, 0.2) is 35.1 Å². The molecule has 1 aliphatic carbocycles. The van der Waals surface area contributed by atoms with Crippen molar-refractivity contribution >= 4 is 49.8 Å². The second kappa shape index (κ2) is 9.99. The molecule has 9 heteroatoms. The van der Waals surface area contributed by atoms with Crippen molar-refractivity contribution < 1.29 is 14.3 Å². The summed E-state index contributed by atoms with van der Waals surface area (Å²) in [5, 5.41) is 3.94. The third-order valence-electron chi connectivity index (χ3n) is 6.53. The third-order valence-corrected chi connectivity index (χ3v) is 8.83. The van der Waals surface area contributed by atoms with E-state index in [1.54, 1.807) is 18.3 Å². The number of fused-ring (bicyclic) bond motifs is 3. The molecular formula is C27H27N3O4S2. The van der Waals surface area contributed by atoms with Crippen molar-refractivity contribution in [3.05, 3.63) is 67.1 Å². The van der Waals surface area contributed by atoms with Gasteiger partial charge in [0.05, 0.1) is 17.6 Å². The Labute approximate surface area is 216 Å². The van der Waals surface area contributed by atoms with Crippen LogP contribution in [0.25, 0.3) is 21.6 Å². The normalized spacial score (nSPS) is 13.0. The molecule has 3 aromatic heterocycles. The van der Waals surface area contributed by atoms with Crippen molar-refractivity contribution in [1.82, 2.24) is 9.55 Å². The van der Waals surface area contributed by atoms with E-state index in [1.807, 2.05) is 44.2 Å². The van der Waals surface area contributed by atoms with E-state index in [4.69, 9.17) is 9.72 Å². The summed E-state index contributed by atoms with van der Waals surface area (Å²) in [6, 6.07) is 9.46. The van der Waals surface area contributed by atoms with Crippen molar-refractivity contribution in [3.8, 4) is 11.4 Å². The molecule has 1 amide bonds. The van der Waals surface area contributed by atoms with Crippen LogP contribution in [0.1, 0.15) is 51.0 Å². The van der Waals surface area contributed by atoms with Crippen LogP contribution >= 0.6 is 22.7 Å². The number of anilines is 1. The number of rotatable bonds is 6. The van der Waals surface area contributed by atoms with Gasteiger partial charge in [-0.25, -0.2) is 9.78 Å². The molecule has 0 aliphatic heterocycles. The minimum absolute atomic E-state index is 0.197. The predicted octanol–water partition coefficient (Wildman–Crippen LogP) is 5.50. The highest BCUT2D eigenvalue weighted by Gasteiger charge is 2.25. The smallest absolute Gasteiger partial charge is 0.341 e. The summed E-state index contributed by atoms with van der Waals surface area (Å²) in [5.74, 6) is -0.401. The summed E-state index contributed by atoms with van der Waals surface area (Å²) in [6.45, 7) is 5.51. The fourth-order valence-electron chi connectivity index (χ4n) is 4.67. The molecule has 4 aromatic rings. The number of ether oxygens (including phenoxy) is 1. The van der Waals surface area contributed by atoms with Crippen LogP contribution in [0.3, 0.4) is 0 Å². The van der Waals surface area contributed by atoms with Crippen LogP contribution in [0.2, 0.25) is 0 Å². The largest absolute Gasteiger partial charge is 0.462 e. The number of carbonyl (C=O) groups is 2. The molecule has 0 unspecified atom stereocenters. The highest BCUT2D eigenvalue weighted by atomic mass is 32.1. The number of hydrogen-bond donors (Lipinski definition) is 1. The van der Waals surface area contributed by atoms with Crippen LogP contribution in [0, 0.1) is 13.8 Å². The second-order valence-electron chi connectivity index (χ2n) is 8.84. The van der Waals surface area contributed by atoms with E-state index in [0.717, 1.165) is 52.1 Å². The van der Waals surface area contributed by atoms with E-state index in [9.17, 15) is 14.4 Å². The number of aryl methyl sites for hydroxylation is 3. The first-order valence-corrected chi connectivity index (χ1v) is 13.7. The van der Waals surface area contributed by atoms with Gasteiger partial charge in [-0.2, -0.15) is 0 Å². The molecule has 36 heavy (non-hydrogen) atoms. The van der Waals surface area contributed by atoms with Crippen LogP contribution in [0.4, 0.5) is 5.00 Å². The van der Waals surface area contributed by atoms with Gasteiger partial charge >= 0.3 is 5.97 Å². The van der Waals surface area contributed by atoms with Gasteiger partial charge in [-0.05, 0) is 57.6 Å². The number of carbonyl (C=O) groups excluding carboxylic acids is 2. The number of nitrogens with zero attached hydrogens (tertiary/aromatic N) is 2. The SMILES string of the molecule is CCOC(=O)c1c(NC(=O)Cn2c(-c3ccccc3)nc3sc4c(c3c2=O)CCCC4)sc(C)c1C. The molecule has 7 nitrogen and oxygen atoms in total. The number of esters is 1. The minimum Gasteiger partial charge on any atom is -0.462 e. The molecular weight excluding hydrogens is 494 g/mol. The van der Waals surface area contributed by atoms with Gasteiger partial charge in [0.2, 0.25) is 5.91 Å². The highest BCUT2D eigenvalue weighted by molar-refractivity contribution is 7.18. The quantitative estimate of drug-likeness (QED) is 0.339. The topological polar surface area (TPSA) is 90.3 Å². The van der Waals surface area contributed by atoms with Gasteiger partial charge in [0.15, 0.2) is 0 Å². The minimum atomic E-state index is -0.468. The monoisotopic (exact) mass is 521 g/mol. The number of benzene rings is 1. The van der Waals surface area contributed by atoms with Gasteiger partial charge < -0.3 is 10.1 Å². The first-order valence-electron chi connectivity index (χ1n) is 12.1. The first-order chi connectivity index (χ1) is 17.4. The second-order valence-corrected chi connectivity index (χ2v) is 11.1. The molecule has 186 valence electrons. The predicted molar refractivity (Wildman–Crippen MR) is 144 cm³/mol. The average molecular weight is 522 g/mol. The number of nitrogens with one attached hydrogen (secondary N) is 1. The van der Waals surface area contributed by atoms with Crippen LogP contribution in [0.5, 0.6) is 0 Å². The first kappa shape index (κ1) is 24.4.